The summed E-state index contributed by atoms with van der Waals surface area (Å²) in [6, 6.07) is 0.810. The molecule has 0 aromatic heterocycles. The van der Waals surface area contributed by atoms with Gasteiger partial charge in [0, 0.05) is 30.2 Å². The number of piperazine rings is 1. The lowest BCUT2D eigenvalue weighted by molar-refractivity contribution is -0.0532. The Hall–Kier alpha value is -0.0800. The molecule has 1 aliphatic heterocycles. The van der Waals surface area contributed by atoms with Crippen molar-refractivity contribution in [2.24, 2.45) is 0 Å². The molecule has 0 spiro atoms. The summed E-state index contributed by atoms with van der Waals surface area (Å²) in [6.07, 6.45) is 8.58. The van der Waals surface area contributed by atoms with Crippen LogP contribution in [0.15, 0.2) is 0 Å². The van der Waals surface area contributed by atoms with Crippen LogP contribution in [0.1, 0.15) is 66.2 Å². The average molecular weight is 238 g/mol. The van der Waals surface area contributed by atoms with Crippen LogP contribution in [0.4, 0.5) is 0 Å². The molecule has 2 rings (SSSR count). The Morgan fingerprint density at radius 1 is 0.824 bits per heavy atom. The second-order valence-corrected chi connectivity index (χ2v) is 7.24. The summed E-state index contributed by atoms with van der Waals surface area (Å²) in [5.74, 6) is 0. The molecule has 17 heavy (non-hydrogen) atoms. The molecule has 0 amide bonds. The molecule has 2 fully saturated rings. The van der Waals surface area contributed by atoms with Crippen LogP contribution in [0.2, 0.25) is 0 Å². The number of hydrogen-bond acceptors (Lipinski definition) is 2. The minimum absolute atomic E-state index is 0.302. The van der Waals surface area contributed by atoms with Gasteiger partial charge in [-0.05, 0) is 40.5 Å². The molecular formula is C15H30N2. The molecule has 0 unspecified atom stereocenters. The minimum Gasteiger partial charge on any atom is -0.313 e. The van der Waals surface area contributed by atoms with Crippen molar-refractivity contribution >= 4 is 0 Å². The van der Waals surface area contributed by atoms with Crippen LogP contribution in [0, 0.1) is 0 Å². The second kappa shape index (κ2) is 4.89. The zero-order valence-corrected chi connectivity index (χ0v) is 12.2. The molecule has 1 N–H and O–H groups in total. The molecular weight excluding hydrogens is 208 g/mol. The summed E-state index contributed by atoms with van der Waals surface area (Å²) in [7, 11) is 0. The highest BCUT2D eigenvalue weighted by Gasteiger charge is 2.44. The van der Waals surface area contributed by atoms with Crippen molar-refractivity contribution < 1.29 is 0 Å². The highest BCUT2D eigenvalue weighted by atomic mass is 15.3. The fourth-order valence-corrected chi connectivity index (χ4v) is 4.17. The quantitative estimate of drug-likeness (QED) is 0.706. The summed E-state index contributed by atoms with van der Waals surface area (Å²) in [5, 5.41) is 3.61. The maximum atomic E-state index is 3.61. The van der Waals surface area contributed by atoms with Crippen molar-refractivity contribution in [3.63, 3.8) is 0 Å². The summed E-state index contributed by atoms with van der Waals surface area (Å²) in [5.41, 5.74) is 0.605. The second-order valence-electron chi connectivity index (χ2n) is 7.24. The number of hydrogen-bond donors (Lipinski definition) is 1. The Morgan fingerprint density at radius 2 is 1.29 bits per heavy atom. The highest BCUT2D eigenvalue weighted by molar-refractivity contribution is 5.02. The van der Waals surface area contributed by atoms with Crippen LogP contribution >= 0.6 is 0 Å². The molecule has 0 aromatic carbocycles. The van der Waals surface area contributed by atoms with Crippen LogP contribution in [-0.4, -0.2) is 35.1 Å². The van der Waals surface area contributed by atoms with E-state index < -0.39 is 0 Å². The van der Waals surface area contributed by atoms with Gasteiger partial charge in [-0.25, -0.2) is 0 Å². The first-order chi connectivity index (χ1) is 7.93. The predicted octanol–water partition coefficient (Wildman–Crippen LogP) is 3.17. The number of rotatable bonds is 1. The molecule has 2 aliphatic rings. The van der Waals surface area contributed by atoms with Gasteiger partial charge in [-0.3, -0.25) is 4.90 Å². The van der Waals surface area contributed by atoms with E-state index in [4.69, 9.17) is 0 Å². The van der Waals surface area contributed by atoms with E-state index in [-0.39, 0.29) is 0 Å². The van der Waals surface area contributed by atoms with Gasteiger partial charge in [-0.1, -0.05) is 25.7 Å². The lowest BCUT2D eigenvalue weighted by Gasteiger charge is -2.56. The van der Waals surface area contributed by atoms with E-state index in [1.165, 1.54) is 38.5 Å². The Balaban J connectivity index is 2.18. The first kappa shape index (κ1) is 13.4. The molecule has 1 aliphatic carbocycles. The summed E-state index contributed by atoms with van der Waals surface area (Å²) in [6.45, 7) is 11.9. The fourth-order valence-electron chi connectivity index (χ4n) is 4.17. The van der Waals surface area contributed by atoms with Gasteiger partial charge in [-0.2, -0.15) is 0 Å². The van der Waals surface area contributed by atoms with E-state index in [2.05, 4.69) is 37.9 Å². The molecule has 0 radical (unpaired) electrons. The maximum absolute atomic E-state index is 3.61. The van der Waals surface area contributed by atoms with Gasteiger partial charge in [0.1, 0.15) is 0 Å². The highest BCUT2D eigenvalue weighted by Crippen LogP contribution is 2.35. The van der Waals surface area contributed by atoms with Crippen LogP contribution in [0.3, 0.4) is 0 Å². The summed E-state index contributed by atoms with van der Waals surface area (Å²) < 4.78 is 0. The van der Waals surface area contributed by atoms with Crippen LogP contribution < -0.4 is 5.32 Å². The summed E-state index contributed by atoms with van der Waals surface area (Å²) >= 11 is 0. The molecule has 2 nitrogen and oxygen atoms in total. The Labute approximate surface area is 107 Å². The third-order valence-electron chi connectivity index (χ3n) is 4.61. The van der Waals surface area contributed by atoms with E-state index in [0.29, 0.717) is 11.1 Å². The van der Waals surface area contributed by atoms with E-state index >= 15 is 0 Å². The number of nitrogens with one attached hydrogen (secondary N) is 1. The van der Waals surface area contributed by atoms with E-state index in [1.54, 1.807) is 0 Å². The van der Waals surface area contributed by atoms with E-state index in [0.717, 1.165) is 19.1 Å². The lowest BCUT2D eigenvalue weighted by atomic mass is 9.85. The zero-order chi connectivity index (χ0) is 12.5. The van der Waals surface area contributed by atoms with Crippen molar-refractivity contribution in [1.29, 1.82) is 0 Å². The largest absolute Gasteiger partial charge is 0.313 e. The molecule has 1 saturated carbocycles. The molecule has 0 atom stereocenters. The summed E-state index contributed by atoms with van der Waals surface area (Å²) in [4.78, 5) is 2.84. The normalized spacial score (nSPS) is 31.1. The van der Waals surface area contributed by atoms with E-state index in [1.807, 2.05) is 0 Å². The first-order valence-electron chi connectivity index (χ1n) is 7.44. The van der Waals surface area contributed by atoms with Crippen LogP contribution in [0.25, 0.3) is 0 Å². The lowest BCUT2D eigenvalue weighted by Crippen LogP contribution is -2.70. The van der Waals surface area contributed by atoms with Gasteiger partial charge < -0.3 is 5.32 Å². The van der Waals surface area contributed by atoms with Crippen molar-refractivity contribution in [2.45, 2.75) is 83.3 Å². The smallest absolute Gasteiger partial charge is 0.0286 e. The molecule has 0 bridgehead atoms. The Kier molecular flexibility index (Phi) is 3.84. The third kappa shape index (κ3) is 2.85. The van der Waals surface area contributed by atoms with Crippen molar-refractivity contribution in [2.75, 3.05) is 13.1 Å². The first-order valence-corrected chi connectivity index (χ1v) is 7.44. The predicted molar refractivity (Wildman–Crippen MR) is 74.4 cm³/mol. The van der Waals surface area contributed by atoms with Crippen molar-refractivity contribution in [3.05, 3.63) is 0 Å². The van der Waals surface area contributed by atoms with Crippen molar-refractivity contribution in [1.82, 2.24) is 10.2 Å². The van der Waals surface area contributed by atoms with Crippen LogP contribution in [0.5, 0.6) is 0 Å². The average Bonchev–Trinajstić information content (AvgIpc) is 2.43. The molecule has 0 aromatic rings. The topological polar surface area (TPSA) is 15.3 Å². The third-order valence-corrected chi connectivity index (χ3v) is 4.61. The molecule has 1 heterocycles. The molecule has 1 saturated heterocycles. The fraction of sp³-hybridized carbons (Fsp3) is 1.00. The van der Waals surface area contributed by atoms with Gasteiger partial charge in [0.25, 0.3) is 0 Å². The molecule has 100 valence electrons. The Morgan fingerprint density at radius 3 is 1.76 bits per heavy atom. The monoisotopic (exact) mass is 238 g/mol. The SMILES string of the molecule is CC1(C)CNCC(C)(C)N1C1CCCCCC1. The zero-order valence-electron chi connectivity index (χ0n) is 12.2. The van der Waals surface area contributed by atoms with Gasteiger partial charge >= 0.3 is 0 Å². The van der Waals surface area contributed by atoms with Gasteiger partial charge in [0.15, 0.2) is 0 Å². The van der Waals surface area contributed by atoms with Crippen molar-refractivity contribution in [3.8, 4) is 0 Å². The Bertz CT molecular complexity index is 234. The minimum atomic E-state index is 0.302. The maximum Gasteiger partial charge on any atom is 0.0286 e. The van der Waals surface area contributed by atoms with Gasteiger partial charge in [-0.15, -0.1) is 0 Å². The van der Waals surface area contributed by atoms with Gasteiger partial charge in [0.2, 0.25) is 0 Å². The molecule has 2 heteroatoms. The van der Waals surface area contributed by atoms with Crippen LogP contribution in [-0.2, 0) is 0 Å². The number of nitrogens with zero attached hydrogens (tertiary/aromatic N) is 1. The standard InChI is InChI=1S/C15H30N2/c1-14(2)11-16-12-15(3,4)17(14)13-9-7-5-6-8-10-13/h13,16H,5-12H2,1-4H3. The van der Waals surface area contributed by atoms with E-state index in [9.17, 15) is 0 Å². The van der Waals surface area contributed by atoms with Gasteiger partial charge in [0.05, 0.1) is 0 Å².